The molecule has 1 aliphatic carbocycles. The molecular weight excluding hydrogens is 262 g/mol. The van der Waals surface area contributed by atoms with Crippen LogP contribution < -0.4 is 15.0 Å². The second-order valence-corrected chi connectivity index (χ2v) is 5.37. The number of methoxy groups -OCH3 is 1. The Bertz CT molecular complexity index is 610. The van der Waals surface area contributed by atoms with Crippen LogP contribution in [-0.2, 0) is 6.54 Å². The molecule has 0 saturated heterocycles. The maximum absolute atomic E-state index is 5.42. The van der Waals surface area contributed by atoms with Crippen molar-refractivity contribution in [2.45, 2.75) is 25.4 Å². The Hall–Kier alpha value is -2.07. The van der Waals surface area contributed by atoms with Crippen molar-refractivity contribution in [3.05, 3.63) is 48.2 Å². The Kier molecular flexibility index (Phi) is 4.06. The number of hydrogen-bond donors (Lipinski definition) is 1. The average Bonchev–Trinajstić information content (AvgIpc) is 3.37. The van der Waals surface area contributed by atoms with Crippen molar-refractivity contribution in [3.63, 3.8) is 0 Å². The predicted octanol–water partition coefficient (Wildman–Crippen LogP) is 3.11. The first-order valence-corrected chi connectivity index (χ1v) is 7.34. The van der Waals surface area contributed by atoms with Crippen molar-refractivity contribution >= 4 is 11.5 Å². The first-order chi connectivity index (χ1) is 10.3. The molecule has 0 unspecified atom stereocenters. The van der Waals surface area contributed by atoms with Gasteiger partial charge in [-0.05, 0) is 37.1 Å². The Balaban J connectivity index is 1.79. The lowest BCUT2D eigenvalue weighted by Crippen LogP contribution is -2.18. The Morgan fingerprint density at radius 2 is 2.00 bits per heavy atom. The topological polar surface area (TPSA) is 37.4 Å². The molecule has 1 heterocycles. The van der Waals surface area contributed by atoms with Crippen molar-refractivity contribution in [1.82, 2.24) is 10.3 Å². The molecule has 0 bridgehead atoms. The van der Waals surface area contributed by atoms with Crippen molar-refractivity contribution in [3.8, 4) is 5.75 Å². The van der Waals surface area contributed by atoms with Gasteiger partial charge in [0.15, 0.2) is 0 Å². The number of benzene rings is 1. The van der Waals surface area contributed by atoms with E-state index in [9.17, 15) is 0 Å². The minimum atomic E-state index is 0.697. The smallest absolute Gasteiger partial charge is 0.142 e. The van der Waals surface area contributed by atoms with Crippen molar-refractivity contribution in [2.24, 2.45) is 0 Å². The van der Waals surface area contributed by atoms with Crippen LogP contribution in [0.3, 0.4) is 0 Å². The summed E-state index contributed by atoms with van der Waals surface area (Å²) >= 11 is 0. The maximum atomic E-state index is 5.42. The zero-order chi connectivity index (χ0) is 14.7. The molecule has 0 atom stereocenters. The summed E-state index contributed by atoms with van der Waals surface area (Å²) in [6.45, 7) is 0.832. The van der Waals surface area contributed by atoms with Crippen LogP contribution in [0, 0.1) is 0 Å². The summed E-state index contributed by atoms with van der Waals surface area (Å²) in [6, 6.07) is 14.8. The van der Waals surface area contributed by atoms with Gasteiger partial charge in [-0.1, -0.05) is 18.2 Å². The summed E-state index contributed by atoms with van der Waals surface area (Å²) in [5.41, 5.74) is 2.08. The number of nitrogens with zero attached hydrogens (tertiary/aromatic N) is 2. The monoisotopic (exact) mass is 283 g/mol. The number of pyridine rings is 1. The van der Waals surface area contributed by atoms with E-state index in [1.54, 1.807) is 7.11 Å². The van der Waals surface area contributed by atoms with E-state index in [0.717, 1.165) is 29.5 Å². The van der Waals surface area contributed by atoms with Gasteiger partial charge in [-0.3, -0.25) is 0 Å². The molecule has 1 aromatic carbocycles. The molecule has 1 aliphatic rings. The highest BCUT2D eigenvalue weighted by molar-refractivity contribution is 5.66. The molecule has 0 spiro atoms. The second kappa shape index (κ2) is 6.14. The summed E-state index contributed by atoms with van der Waals surface area (Å²) in [6.07, 6.45) is 2.58. The number of hydrogen-bond acceptors (Lipinski definition) is 4. The zero-order valence-electron chi connectivity index (χ0n) is 12.5. The van der Waals surface area contributed by atoms with Crippen LogP contribution >= 0.6 is 0 Å². The average molecular weight is 283 g/mol. The van der Waals surface area contributed by atoms with Gasteiger partial charge in [-0.15, -0.1) is 0 Å². The van der Waals surface area contributed by atoms with Crippen molar-refractivity contribution in [2.75, 3.05) is 19.1 Å². The van der Waals surface area contributed by atoms with Crippen LogP contribution in [0.15, 0.2) is 42.5 Å². The van der Waals surface area contributed by atoms with E-state index in [4.69, 9.17) is 9.72 Å². The Morgan fingerprint density at radius 3 is 2.76 bits per heavy atom. The molecule has 1 fully saturated rings. The predicted molar refractivity (Wildman–Crippen MR) is 85.2 cm³/mol. The third kappa shape index (κ3) is 3.34. The molecular formula is C17H21N3O. The molecule has 3 rings (SSSR count). The van der Waals surface area contributed by atoms with E-state index >= 15 is 0 Å². The standard InChI is InChI=1S/C17H21N3O/c1-20(15-7-3-4-8-16(15)21-2)17-9-5-6-14(19-17)12-18-13-10-11-13/h3-9,13,18H,10-12H2,1-2H3. The maximum Gasteiger partial charge on any atom is 0.142 e. The van der Waals surface area contributed by atoms with E-state index in [1.807, 2.05) is 37.4 Å². The molecule has 4 nitrogen and oxygen atoms in total. The van der Waals surface area contributed by atoms with Gasteiger partial charge in [0, 0.05) is 19.6 Å². The molecule has 0 amide bonds. The first-order valence-electron chi connectivity index (χ1n) is 7.34. The van der Waals surface area contributed by atoms with Crippen molar-refractivity contribution in [1.29, 1.82) is 0 Å². The van der Waals surface area contributed by atoms with Gasteiger partial charge in [-0.25, -0.2) is 4.98 Å². The third-order valence-electron chi connectivity index (χ3n) is 3.73. The minimum Gasteiger partial charge on any atom is -0.495 e. The molecule has 0 aliphatic heterocycles. The van der Waals surface area contributed by atoms with Crippen LogP contribution in [0.1, 0.15) is 18.5 Å². The number of aromatic nitrogens is 1. The Labute approximate surface area is 125 Å². The van der Waals surface area contributed by atoms with Crippen LogP contribution in [0.25, 0.3) is 0 Å². The van der Waals surface area contributed by atoms with E-state index in [-0.39, 0.29) is 0 Å². The molecule has 21 heavy (non-hydrogen) atoms. The molecule has 1 N–H and O–H groups in total. The van der Waals surface area contributed by atoms with E-state index in [2.05, 4.69) is 22.3 Å². The SMILES string of the molecule is COc1ccccc1N(C)c1cccc(CNC2CC2)n1. The van der Waals surface area contributed by atoms with Gasteiger partial charge in [0.25, 0.3) is 0 Å². The van der Waals surface area contributed by atoms with Gasteiger partial charge < -0.3 is 15.0 Å². The fraction of sp³-hybridized carbons (Fsp3) is 0.353. The number of ether oxygens (including phenoxy) is 1. The quantitative estimate of drug-likeness (QED) is 0.884. The highest BCUT2D eigenvalue weighted by atomic mass is 16.5. The van der Waals surface area contributed by atoms with Crippen LogP contribution in [0.2, 0.25) is 0 Å². The number of rotatable bonds is 6. The van der Waals surface area contributed by atoms with Crippen LogP contribution in [0.5, 0.6) is 5.75 Å². The first kappa shape index (κ1) is 13.9. The molecule has 0 radical (unpaired) electrons. The fourth-order valence-corrected chi connectivity index (χ4v) is 2.32. The largest absolute Gasteiger partial charge is 0.495 e. The van der Waals surface area contributed by atoms with Crippen LogP contribution in [0.4, 0.5) is 11.5 Å². The van der Waals surface area contributed by atoms with E-state index in [0.29, 0.717) is 6.04 Å². The molecule has 2 aromatic rings. The number of anilines is 2. The van der Waals surface area contributed by atoms with E-state index < -0.39 is 0 Å². The molecule has 4 heteroatoms. The van der Waals surface area contributed by atoms with Gasteiger partial charge in [0.05, 0.1) is 18.5 Å². The minimum absolute atomic E-state index is 0.697. The second-order valence-electron chi connectivity index (χ2n) is 5.37. The van der Waals surface area contributed by atoms with Crippen molar-refractivity contribution < 1.29 is 4.74 Å². The van der Waals surface area contributed by atoms with Crippen LogP contribution in [-0.4, -0.2) is 25.2 Å². The molecule has 110 valence electrons. The van der Waals surface area contributed by atoms with Gasteiger partial charge in [0.2, 0.25) is 0 Å². The number of nitrogens with one attached hydrogen (secondary N) is 1. The summed E-state index contributed by atoms with van der Waals surface area (Å²) < 4.78 is 5.42. The summed E-state index contributed by atoms with van der Waals surface area (Å²) in [5.74, 6) is 1.78. The summed E-state index contributed by atoms with van der Waals surface area (Å²) in [7, 11) is 3.70. The molecule has 1 aromatic heterocycles. The summed E-state index contributed by atoms with van der Waals surface area (Å²) in [4.78, 5) is 6.79. The fourth-order valence-electron chi connectivity index (χ4n) is 2.32. The highest BCUT2D eigenvalue weighted by Gasteiger charge is 2.20. The lowest BCUT2D eigenvalue weighted by molar-refractivity contribution is 0.415. The summed E-state index contributed by atoms with van der Waals surface area (Å²) in [5, 5.41) is 3.50. The normalized spacial score (nSPS) is 14.0. The van der Waals surface area contributed by atoms with E-state index in [1.165, 1.54) is 12.8 Å². The lowest BCUT2D eigenvalue weighted by Gasteiger charge is -2.21. The zero-order valence-corrected chi connectivity index (χ0v) is 12.5. The molecule has 1 saturated carbocycles. The van der Waals surface area contributed by atoms with Gasteiger partial charge in [-0.2, -0.15) is 0 Å². The lowest BCUT2D eigenvalue weighted by atomic mass is 10.2. The third-order valence-corrected chi connectivity index (χ3v) is 3.73. The Morgan fingerprint density at radius 1 is 1.19 bits per heavy atom. The van der Waals surface area contributed by atoms with Gasteiger partial charge in [0.1, 0.15) is 11.6 Å². The van der Waals surface area contributed by atoms with Gasteiger partial charge >= 0.3 is 0 Å². The number of para-hydroxylation sites is 2. The highest BCUT2D eigenvalue weighted by Crippen LogP contribution is 2.31.